The smallest absolute Gasteiger partial charge is 0.261 e. The predicted octanol–water partition coefficient (Wildman–Crippen LogP) is -1.11. The minimum absolute atomic E-state index is 0. The first kappa shape index (κ1) is 17.1. The third-order valence-corrected chi connectivity index (χ3v) is 3.51. The van der Waals surface area contributed by atoms with Crippen LogP contribution in [0.4, 0.5) is 0 Å². The summed E-state index contributed by atoms with van der Waals surface area (Å²) >= 11 is 0. The fourth-order valence-electron chi connectivity index (χ4n) is 2.36. The van der Waals surface area contributed by atoms with Crippen molar-refractivity contribution in [3.63, 3.8) is 0 Å². The summed E-state index contributed by atoms with van der Waals surface area (Å²) in [4.78, 5) is 16.7. The molecule has 0 spiro atoms. The van der Waals surface area contributed by atoms with E-state index >= 15 is 0 Å². The van der Waals surface area contributed by atoms with E-state index in [2.05, 4.69) is 26.0 Å². The summed E-state index contributed by atoms with van der Waals surface area (Å²) in [6.45, 7) is 4.96. The van der Waals surface area contributed by atoms with Crippen LogP contribution in [0.15, 0.2) is 35.4 Å². The highest BCUT2D eigenvalue weighted by Gasteiger charge is 2.14. The van der Waals surface area contributed by atoms with Crippen molar-refractivity contribution in [2.75, 3.05) is 27.2 Å². The molecule has 1 aromatic carbocycles. The highest BCUT2D eigenvalue weighted by Crippen LogP contribution is 2.05. The summed E-state index contributed by atoms with van der Waals surface area (Å²) in [5.74, 6) is 0. The van der Waals surface area contributed by atoms with Gasteiger partial charge in [-0.1, -0.05) is 19.1 Å². The van der Waals surface area contributed by atoms with Crippen molar-refractivity contribution in [1.29, 1.82) is 0 Å². The lowest BCUT2D eigenvalue weighted by Crippen LogP contribution is -3.00. The number of aromatic nitrogens is 2. The van der Waals surface area contributed by atoms with E-state index in [4.69, 9.17) is 0 Å². The van der Waals surface area contributed by atoms with Crippen LogP contribution < -0.4 is 29.5 Å². The minimum Gasteiger partial charge on any atom is -1.00 e. The fourth-order valence-corrected chi connectivity index (χ4v) is 2.36. The summed E-state index contributed by atoms with van der Waals surface area (Å²) in [6, 6.07) is 7.50. The lowest BCUT2D eigenvalue weighted by molar-refractivity contribution is -0.891. The quantitative estimate of drug-likeness (QED) is 0.482. The van der Waals surface area contributed by atoms with Crippen LogP contribution in [0.1, 0.15) is 13.3 Å². The molecule has 2 aromatic rings. The average molecular weight is 387 g/mol. The van der Waals surface area contributed by atoms with E-state index in [-0.39, 0.29) is 29.5 Å². The molecule has 0 aliphatic carbocycles. The normalized spacial score (nSPS) is 11.3. The molecule has 110 valence electrons. The predicted molar refractivity (Wildman–Crippen MR) is 78.1 cm³/mol. The molecule has 0 unspecified atom stereocenters. The van der Waals surface area contributed by atoms with Crippen molar-refractivity contribution in [2.24, 2.45) is 0 Å². The lowest BCUT2D eigenvalue weighted by Gasteiger charge is -2.29. The zero-order valence-electron chi connectivity index (χ0n) is 12.3. The molecule has 0 atom stereocenters. The number of benzene rings is 1. The van der Waals surface area contributed by atoms with Crippen LogP contribution in [0, 0.1) is 0 Å². The minimum atomic E-state index is 0. The van der Waals surface area contributed by atoms with Gasteiger partial charge in [0, 0.05) is 0 Å². The van der Waals surface area contributed by atoms with E-state index in [1.807, 2.05) is 24.3 Å². The highest BCUT2D eigenvalue weighted by molar-refractivity contribution is 5.76. The van der Waals surface area contributed by atoms with Crippen LogP contribution in [0.3, 0.4) is 0 Å². The Balaban J connectivity index is 0.00000200. The Bertz CT molecular complexity index is 622. The second kappa shape index (κ2) is 7.17. The molecule has 0 bridgehead atoms. The van der Waals surface area contributed by atoms with Crippen molar-refractivity contribution in [1.82, 2.24) is 9.55 Å². The van der Waals surface area contributed by atoms with Gasteiger partial charge in [-0.05, 0) is 18.6 Å². The molecule has 4 nitrogen and oxygen atoms in total. The molecule has 0 saturated carbocycles. The van der Waals surface area contributed by atoms with Gasteiger partial charge in [-0.2, -0.15) is 0 Å². The molecular formula is C15H22IN3O. The summed E-state index contributed by atoms with van der Waals surface area (Å²) in [6.07, 6.45) is 2.81. The van der Waals surface area contributed by atoms with E-state index in [0.717, 1.165) is 29.5 Å². The number of halogens is 1. The molecule has 2 rings (SSSR count). The zero-order valence-corrected chi connectivity index (χ0v) is 14.5. The summed E-state index contributed by atoms with van der Waals surface area (Å²) in [5, 5.41) is 0.700. The van der Waals surface area contributed by atoms with E-state index in [0.29, 0.717) is 11.9 Å². The number of quaternary nitrogens is 1. The maximum atomic E-state index is 12.3. The Morgan fingerprint density at radius 2 is 1.90 bits per heavy atom. The van der Waals surface area contributed by atoms with Crippen LogP contribution in [0.5, 0.6) is 0 Å². The van der Waals surface area contributed by atoms with Gasteiger partial charge < -0.3 is 28.5 Å². The number of rotatable bonds is 5. The summed E-state index contributed by atoms with van der Waals surface area (Å²) in [7, 11) is 4.39. The third kappa shape index (κ3) is 4.02. The highest BCUT2D eigenvalue weighted by atomic mass is 127. The number of likely N-dealkylation sites (N-methyl/N-ethyl adjacent to an activating group) is 1. The van der Waals surface area contributed by atoms with E-state index < -0.39 is 0 Å². The number of para-hydroxylation sites is 1. The van der Waals surface area contributed by atoms with Crippen LogP contribution in [-0.2, 0) is 6.54 Å². The number of hydrogen-bond acceptors (Lipinski definition) is 2. The Kier molecular flexibility index (Phi) is 6.13. The summed E-state index contributed by atoms with van der Waals surface area (Å²) < 4.78 is 2.65. The first-order chi connectivity index (χ1) is 9.03. The fraction of sp³-hybridized carbons (Fsp3) is 0.467. The van der Waals surface area contributed by atoms with Crippen LogP contribution in [0.2, 0.25) is 0 Å². The van der Waals surface area contributed by atoms with Crippen molar-refractivity contribution < 1.29 is 28.5 Å². The summed E-state index contributed by atoms with van der Waals surface area (Å²) in [5.41, 5.74) is 0.827. The van der Waals surface area contributed by atoms with Crippen LogP contribution >= 0.6 is 0 Å². The molecule has 0 radical (unpaired) electrons. The molecule has 0 fully saturated rings. The number of nitrogens with zero attached hydrogens (tertiary/aromatic N) is 3. The average Bonchev–Trinajstić information content (AvgIpc) is 2.38. The SMILES string of the molecule is CCC[N+](C)(C)CCn1cnc2ccccc2c1=O.[I-]. The van der Waals surface area contributed by atoms with E-state index in [1.165, 1.54) is 0 Å². The molecule has 1 heterocycles. The number of hydrogen-bond donors (Lipinski definition) is 0. The van der Waals surface area contributed by atoms with Gasteiger partial charge in [-0.3, -0.25) is 9.36 Å². The molecule has 0 N–H and O–H groups in total. The zero-order chi connectivity index (χ0) is 13.9. The second-order valence-electron chi connectivity index (χ2n) is 5.64. The van der Waals surface area contributed by atoms with Gasteiger partial charge in [-0.15, -0.1) is 0 Å². The maximum absolute atomic E-state index is 12.3. The van der Waals surface area contributed by atoms with Crippen molar-refractivity contribution >= 4 is 10.9 Å². The number of fused-ring (bicyclic) bond motifs is 1. The Hall–Kier alpha value is -0.950. The molecule has 20 heavy (non-hydrogen) atoms. The third-order valence-electron chi connectivity index (χ3n) is 3.51. The molecular weight excluding hydrogens is 365 g/mol. The standard InChI is InChI=1S/C15H22N3O.HI/c1-4-10-18(2,3)11-9-17-12-16-14-8-6-5-7-13(14)15(17)19;/h5-8,12H,4,9-11H2,1-3H3;1H/q+1;/p-1. The van der Waals surface area contributed by atoms with Crippen LogP contribution in [0.25, 0.3) is 10.9 Å². The van der Waals surface area contributed by atoms with Gasteiger partial charge in [0.25, 0.3) is 5.56 Å². The topological polar surface area (TPSA) is 34.9 Å². The molecule has 5 heteroatoms. The first-order valence-corrected chi connectivity index (χ1v) is 6.80. The van der Waals surface area contributed by atoms with Crippen molar-refractivity contribution in [3.8, 4) is 0 Å². The largest absolute Gasteiger partial charge is 1.00 e. The van der Waals surface area contributed by atoms with Crippen molar-refractivity contribution in [3.05, 3.63) is 40.9 Å². The lowest BCUT2D eigenvalue weighted by atomic mass is 10.2. The second-order valence-corrected chi connectivity index (χ2v) is 5.64. The van der Waals surface area contributed by atoms with Crippen LogP contribution in [-0.4, -0.2) is 41.2 Å². The Morgan fingerprint density at radius 3 is 2.60 bits per heavy atom. The van der Waals surface area contributed by atoms with E-state index in [9.17, 15) is 4.79 Å². The van der Waals surface area contributed by atoms with Gasteiger partial charge in [0.2, 0.25) is 0 Å². The molecule has 0 aliphatic rings. The van der Waals surface area contributed by atoms with E-state index in [1.54, 1.807) is 10.9 Å². The Morgan fingerprint density at radius 1 is 1.20 bits per heavy atom. The van der Waals surface area contributed by atoms with Gasteiger partial charge in [0.15, 0.2) is 0 Å². The first-order valence-electron chi connectivity index (χ1n) is 6.80. The monoisotopic (exact) mass is 387 g/mol. The molecule has 1 aromatic heterocycles. The van der Waals surface area contributed by atoms with Gasteiger partial charge in [0.1, 0.15) is 0 Å². The Labute approximate surface area is 137 Å². The van der Waals surface area contributed by atoms with Gasteiger partial charge in [0.05, 0.1) is 51.0 Å². The van der Waals surface area contributed by atoms with Gasteiger partial charge >= 0.3 is 0 Å². The van der Waals surface area contributed by atoms with Gasteiger partial charge in [-0.25, -0.2) is 4.98 Å². The van der Waals surface area contributed by atoms with Crippen molar-refractivity contribution in [2.45, 2.75) is 19.9 Å². The maximum Gasteiger partial charge on any atom is 0.261 e. The molecule has 0 aliphatic heterocycles. The molecule has 0 amide bonds. The molecule has 0 saturated heterocycles.